The number of benzene rings is 1. The van der Waals surface area contributed by atoms with Gasteiger partial charge in [0.15, 0.2) is 9.84 Å². The maximum Gasteiger partial charge on any atom is 0.177 e. The van der Waals surface area contributed by atoms with Gasteiger partial charge in [0.1, 0.15) is 0 Å². The van der Waals surface area contributed by atoms with E-state index < -0.39 is 9.84 Å². The van der Waals surface area contributed by atoms with E-state index in [4.69, 9.17) is 4.74 Å². The SMILES string of the molecule is C[C@@H]1CN(C2CCN(c3ccccc3S(C)(=O)=O)CC2)CCO1. The molecule has 0 saturated carbocycles. The van der Waals surface area contributed by atoms with E-state index in [2.05, 4.69) is 16.7 Å². The van der Waals surface area contributed by atoms with Crippen LogP contribution in [0.25, 0.3) is 0 Å². The Hall–Kier alpha value is -1.11. The predicted molar refractivity (Wildman–Crippen MR) is 91.8 cm³/mol. The molecule has 2 fully saturated rings. The van der Waals surface area contributed by atoms with Gasteiger partial charge in [0.2, 0.25) is 0 Å². The van der Waals surface area contributed by atoms with Gasteiger partial charge in [0.05, 0.1) is 23.3 Å². The van der Waals surface area contributed by atoms with Gasteiger partial charge in [-0.05, 0) is 31.9 Å². The van der Waals surface area contributed by atoms with Crippen molar-refractivity contribution < 1.29 is 13.2 Å². The summed E-state index contributed by atoms with van der Waals surface area (Å²) in [7, 11) is -3.19. The summed E-state index contributed by atoms with van der Waals surface area (Å²) in [4.78, 5) is 5.20. The minimum Gasteiger partial charge on any atom is -0.376 e. The van der Waals surface area contributed by atoms with Crippen molar-refractivity contribution in [3.8, 4) is 0 Å². The number of anilines is 1. The van der Waals surface area contributed by atoms with E-state index in [1.165, 1.54) is 6.26 Å². The third-order valence-electron chi connectivity index (χ3n) is 4.86. The Bertz CT molecular complexity index is 639. The van der Waals surface area contributed by atoms with Gasteiger partial charge in [0.25, 0.3) is 0 Å². The van der Waals surface area contributed by atoms with Gasteiger partial charge < -0.3 is 9.64 Å². The van der Waals surface area contributed by atoms with Gasteiger partial charge in [-0.15, -0.1) is 0 Å². The first-order valence-corrected chi connectivity index (χ1v) is 10.2. The summed E-state index contributed by atoms with van der Waals surface area (Å²) in [5.74, 6) is 0. The minimum atomic E-state index is -3.19. The molecule has 128 valence electrons. The van der Waals surface area contributed by atoms with Gasteiger partial charge in [0, 0.05) is 38.5 Å². The quantitative estimate of drug-likeness (QED) is 0.841. The molecule has 0 spiro atoms. The molecule has 1 aromatic rings. The molecule has 0 unspecified atom stereocenters. The Morgan fingerprint density at radius 1 is 1.13 bits per heavy atom. The standard InChI is InChI=1S/C17H26N2O3S/c1-14-13-19(11-12-22-14)15-7-9-18(10-8-15)16-5-3-4-6-17(16)23(2,20)21/h3-6,14-15H,7-13H2,1-2H3/t14-/m1/s1. The van der Waals surface area contributed by atoms with Crippen LogP contribution in [0.15, 0.2) is 29.2 Å². The second-order valence-electron chi connectivity index (χ2n) is 6.63. The van der Waals surface area contributed by atoms with Crippen LogP contribution in [0.2, 0.25) is 0 Å². The van der Waals surface area contributed by atoms with Crippen molar-refractivity contribution in [2.45, 2.75) is 36.8 Å². The van der Waals surface area contributed by atoms with Crippen molar-refractivity contribution in [1.29, 1.82) is 0 Å². The van der Waals surface area contributed by atoms with Crippen molar-refractivity contribution in [2.24, 2.45) is 0 Å². The van der Waals surface area contributed by atoms with Crippen molar-refractivity contribution in [1.82, 2.24) is 4.90 Å². The van der Waals surface area contributed by atoms with Crippen LogP contribution in [0.4, 0.5) is 5.69 Å². The number of piperidine rings is 1. The molecule has 0 aliphatic carbocycles. The van der Waals surface area contributed by atoms with Gasteiger partial charge in [-0.2, -0.15) is 0 Å². The molecule has 2 heterocycles. The fourth-order valence-electron chi connectivity index (χ4n) is 3.68. The van der Waals surface area contributed by atoms with E-state index >= 15 is 0 Å². The Morgan fingerprint density at radius 2 is 1.83 bits per heavy atom. The first-order valence-electron chi connectivity index (χ1n) is 8.35. The fraction of sp³-hybridized carbons (Fsp3) is 0.647. The van der Waals surface area contributed by atoms with E-state index in [0.29, 0.717) is 17.0 Å². The minimum absolute atomic E-state index is 0.313. The van der Waals surface area contributed by atoms with Crippen LogP contribution in [0, 0.1) is 0 Å². The molecule has 1 aromatic carbocycles. The van der Waals surface area contributed by atoms with E-state index in [-0.39, 0.29) is 0 Å². The Morgan fingerprint density at radius 3 is 2.48 bits per heavy atom. The molecule has 23 heavy (non-hydrogen) atoms. The topological polar surface area (TPSA) is 49.9 Å². The number of hydrogen-bond donors (Lipinski definition) is 0. The van der Waals surface area contributed by atoms with Crippen LogP contribution in [-0.2, 0) is 14.6 Å². The normalized spacial score (nSPS) is 24.8. The van der Waals surface area contributed by atoms with E-state index in [9.17, 15) is 8.42 Å². The lowest BCUT2D eigenvalue weighted by Crippen LogP contribution is -2.51. The highest BCUT2D eigenvalue weighted by Gasteiger charge is 2.29. The van der Waals surface area contributed by atoms with Crippen molar-refractivity contribution in [3.63, 3.8) is 0 Å². The Labute approximate surface area is 139 Å². The summed E-state index contributed by atoms with van der Waals surface area (Å²) in [6.07, 6.45) is 3.75. The number of morpholine rings is 1. The third-order valence-corrected chi connectivity index (χ3v) is 6.00. The molecule has 2 saturated heterocycles. The molecule has 3 rings (SSSR count). The predicted octanol–water partition coefficient (Wildman–Crippen LogP) is 1.78. The zero-order chi connectivity index (χ0) is 16.4. The van der Waals surface area contributed by atoms with Gasteiger partial charge in [-0.3, -0.25) is 4.90 Å². The van der Waals surface area contributed by atoms with E-state index in [1.807, 2.05) is 12.1 Å². The summed E-state index contributed by atoms with van der Waals surface area (Å²) >= 11 is 0. The molecule has 0 aromatic heterocycles. The average molecular weight is 338 g/mol. The number of nitrogens with zero attached hydrogens (tertiary/aromatic N) is 2. The van der Waals surface area contributed by atoms with Crippen LogP contribution in [-0.4, -0.2) is 64.5 Å². The molecule has 0 bridgehead atoms. The molecule has 2 aliphatic rings. The molecule has 2 aliphatic heterocycles. The summed E-state index contributed by atoms with van der Waals surface area (Å²) < 4.78 is 29.6. The largest absolute Gasteiger partial charge is 0.376 e. The summed E-state index contributed by atoms with van der Waals surface area (Å²) in [6.45, 7) is 6.77. The maximum atomic E-state index is 12.0. The van der Waals surface area contributed by atoms with Gasteiger partial charge in [-0.25, -0.2) is 8.42 Å². The lowest BCUT2D eigenvalue weighted by Gasteiger charge is -2.42. The van der Waals surface area contributed by atoms with Gasteiger partial charge in [-0.1, -0.05) is 12.1 Å². The van der Waals surface area contributed by atoms with E-state index in [1.54, 1.807) is 12.1 Å². The Balaban J connectivity index is 1.68. The van der Waals surface area contributed by atoms with Gasteiger partial charge >= 0.3 is 0 Å². The summed E-state index contributed by atoms with van der Waals surface area (Å²) in [5.41, 5.74) is 0.851. The summed E-state index contributed by atoms with van der Waals surface area (Å²) in [6, 6.07) is 7.93. The molecule has 0 radical (unpaired) electrons. The first-order chi connectivity index (χ1) is 10.9. The number of sulfone groups is 1. The highest BCUT2D eigenvalue weighted by atomic mass is 32.2. The smallest absolute Gasteiger partial charge is 0.177 e. The summed E-state index contributed by atoms with van der Waals surface area (Å²) in [5, 5.41) is 0. The van der Waals surface area contributed by atoms with Crippen LogP contribution in [0.5, 0.6) is 0 Å². The number of ether oxygens (including phenoxy) is 1. The number of rotatable bonds is 3. The van der Waals surface area contributed by atoms with Crippen LogP contribution in [0.1, 0.15) is 19.8 Å². The third kappa shape index (κ3) is 3.87. The second kappa shape index (κ2) is 6.79. The van der Waals surface area contributed by atoms with Crippen LogP contribution in [0.3, 0.4) is 0 Å². The average Bonchev–Trinajstić information content (AvgIpc) is 2.54. The zero-order valence-electron chi connectivity index (χ0n) is 13.9. The zero-order valence-corrected chi connectivity index (χ0v) is 14.8. The van der Waals surface area contributed by atoms with Crippen LogP contribution < -0.4 is 4.90 Å². The molecule has 0 N–H and O–H groups in total. The van der Waals surface area contributed by atoms with Crippen molar-refractivity contribution in [2.75, 3.05) is 43.9 Å². The number of hydrogen-bond acceptors (Lipinski definition) is 5. The number of para-hydroxylation sites is 1. The molecular weight excluding hydrogens is 312 g/mol. The first kappa shape index (κ1) is 16.7. The van der Waals surface area contributed by atoms with E-state index in [0.717, 1.165) is 51.3 Å². The molecular formula is C17H26N2O3S. The molecule has 1 atom stereocenters. The van der Waals surface area contributed by atoms with Crippen LogP contribution >= 0.6 is 0 Å². The Kier molecular flexibility index (Phi) is 4.94. The highest BCUT2D eigenvalue weighted by molar-refractivity contribution is 7.90. The molecule has 5 nitrogen and oxygen atoms in total. The monoisotopic (exact) mass is 338 g/mol. The molecule has 6 heteroatoms. The second-order valence-corrected chi connectivity index (χ2v) is 8.62. The maximum absolute atomic E-state index is 12.0. The van der Waals surface area contributed by atoms with Crippen molar-refractivity contribution in [3.05, 3.63) is 24.3 Å². The lowest BCUT2D eigenvalue weighted by atomic mass is 10.0. The molecule has 0 amide bonds. The highest BCUT2D eigenvalue weighted by Crippen LogP contribution is 2.29. The fourth-order valence-corrected chi connectivity index (χ4v) is 4.58. The lowest BCUT2D eigenvalue weighted by molar-refractivity contribution is -0.0373. The van der Waals surface area contributed by atoms with Crippen molar-refractivity contribution >= 4 is 15.5 Å².